The number of carbonyl (C=O) groups excluding carboxylic acids is 2. The van der Waals surface area contributed by atoms with Crippen LogP contribution in [0.2, 0.25) is 0 Å². The first kappa shape index (κ1) is 27.6. The molecule has 4 rings (SSSR count). The summed E-state index contributed by atoms with van der Waals surface area (Å²) in [7, 11) is 0. The molecule has 0 aliphatic heterocycles. The summed E-state index contributed by atoms with van der Waals surface area (Å²) in [5, 5.41) is 0. The molecular formula is C34H46O3. The van der Waals surface area contributed by atoms with Gasteiger partial charge < -0.3 is 4.74 Å². The lowest BCUT2D eigenvalue weighted by Gasteiger charge is -2.59. The van der Waals surface area contributed by atoms with Crippen LogP contribution in [0.15, 0.2) is 60.7 Å². The van der Waals surface area contributed by atoms with Gasteiger partial charge in [-0.05, 0) is 61.5 Å². The highest BCUT2D eigenvalue weighted by atomic mass is 16.6. The van der Waals surface area contributed by atoms with Crippen molar-refractivity contribution in [1.82, 2.24) is 0 Å². The Morgan fingerprint density at radius 1 is 0.541 bits per heavy atom. The third-order valence-corrected chi connectivity index (χ3v) is 11.7. The largest absolute Gasteiger partial charge is 0.392 e. The van der Waals surface area contributed by atoms with Crippen LogP contribution in [0.3, 0.4) is 0 Å². The smallest absolute Gasteiger partial charge is 0.320 e. The number of rotatable bonds is 4. The first-order chi connectivity index (χ1) is 17.2. The topological polar surface area (TPSA) is 43.4 Å². The van der Waals surface area contributed by atoms with Gasteiger partial charge in [0.15, 0.2) is 0 Å². The summed E-state index contributed by atoms with van der Waals surface area (Å²) >= 11 is 0. The van der Waals surface area contributed by atoms with Gasteiger partial charge in [-0.2, -0.15) is 0 Å². The van der Waals surface area contributed by atoms with Gasteiger partial charge in [0.25, 0.3) is 0 Å². The maximum absolute atomic E-state index is 14.3. The summed E-state index contributed by atoms with van der Waals surface area (Å²) < 4.78 is 6.08. The molecule has 0 bridgehead atoms. The quantitative estimate of drug-likeness (QED) is 0.311. The molecule has 0 amide bonds. The molecule has 2 aliphatic carbocycles. The van der Waals surface area contributed by atoms with Crippen LogP contribution >= 0.6 is 0 Å². The molecule has 2 aromatic rings. The zero-order valence-corrected chi connectivity index (χ0v) is 24.2. The second kappa shape index (κ2) is 9.10. The Kier molecular flexibility index (Phi) is 6.79. The first-order valence-corrected chi connectivity index (χ1v) is 14.1. The Hall–Kier alpha value is -2.42. The fourth-order valence-electron chi connectivity index (χ4n) is 8.14. The number of esters is 2. The van der Waals surface area contributed by atoms with E-state index in [-0.39, 0.29) is 22.8 Å². The lowest BCUT2D eigenvalue weighted by atomic mass is 9.44. The van der Waals surface area contributed by atoms with Gasteiger partial charge in [-0.3, -0.25) is 9.59 Å². The molecule has 200 valence electrons. The van der Waals surface area contributed by atoms with Crippen molar-refractivity contribution in [3.05, 3.63) is 71.8 Å². The highest BCUT2D eigenvalue weighted by Gasteiger charge is 2.64. The highest BCUT2D eigenvalue weighted by Crippen LogP contribution is 2.63. The fourth-order valence-corrected chi connectivity index (χ4v) is 8.14. The van der Waals surface area contributed by atoms with Crippen molar-refractivity contribution < 1.29 is 14.3 Å². The van der Waals surface area contributed by atoms with Gasteiger partial charge in [0.1, 0.15) is 0 Å². The van der Waals surface area contributed by atoms with Crippen LogP contribution in [-0.2, 0) is 25.2 Å². The molecule has 4 unspecified atom stereocenters. The summed E-state index contributed by atoms with van der Waals surface area (Å²) in [6.07, 6.45) is 5.31. The van der Waals surface area contributed by atoms with Gasteiger partial charge >= 0.3 is 11.9 Å². The molecule has 0 heterocycles. The van der Waals surface area contributed by atoms with Crippen molar-refractivity contribution in [2.24, 2.45) is 21.7 Å². The van der Waals surface area contributed by atoms with Crippen LogP contribution < -0.4 is 0 Å². The van der Waals surface area contributed by atoms with E-state index in [1.807, 2.05) is 50.2 Å². The van der Waals surface area contributed by atoms with Crippen LogP contribution in [0.4, 0.5) is 0 Å². The van der Waals surface area contributed by atoms with Crippen LogP contribution in [0.1, 0.15) is 105 Å². The second-order valence-electron chi connectivity index (χ2n) is 13.8. The van der Waals surface area contributed by atoms with Gasteiger partial charge in [0, 0.05) is 10.8 Å². The molecule has 0 spiro atoms. The molecule has 2 saturated carbocycles. The van der Waals surface area contributed by atoms with Crippen LogP contribution in [0.25, 0.3) is 0 Å². The molecule has 0 aromatic heterocycles. The summed E-state index contributed by atoms with van der Waals surface area (Å²) in [6, 6.07) is 20.7. The van der Waals surface area contributed by atoms with Gasteiger partial charge in [0.05, 0.1) is 10.8 Å². The normalized spacial score (nSPS) is 34.9. The van der Waals surface area contributed by atoms with Crippen molar-refractivity contribution >= 4 is 11.9 Å². The number of carbonyl (C=O) groups is 2. The third-order valence-electron chi connectivity index (χ3n) is 11.7. The maximum atomic E-state index is 14.3. The molecule has 0 N–H and O–H groups in total. The monoisotopic (exact) mass is 502 g/mol. The molecule has 0 saturated heterocycles. The van der Waals surface area contributed by atoms with E-state index in [1.54, 1.807) is 0 Å². The van der Waals surface area contributed by atoms with Gasteiger partial charge in [-0.15, -0.1) is 0 Å². The van der Waals surface area contributed by atoms with E-state index in [0.29, 0.717) is 12.8 Å². The number of hydrogen-bond donors (Lipinski definition) is 0. The predicted molar refractivity (Wildman–Crippen MR) is 150 cm³/mol. The van der Waals surface area contributed by atoms with Crippen molar-refractivity contribution in [2.45, 2.75) is 105 Å². The molecule has 3 nitrogen and oxygen atoms in total. The van der Waals surface area contributed by atoms with Gasteiger partial charge in [-0.1, -0.05) is 115 Å². The minimum Gasteiger partial charge on any atom is -0.392 e. The molecule has 2 aliphatic rings. The van der Waals surface area contributed by atoms with E-state index in [2.05, 4.69) is 65.8 Å². The summed E-state index contributed by atoms with van der Waals surface area (Å²) in [5.74, 6) is -0.756. The SMILES string of the molecule is CC1(C)CCCC(C)(C(=O)OC(=O)C2(C)CCCC(C)(C)C2(C)c2ccccc2)C1(C)c1ccccc1. The van der Waals surface area contributed by atoms with Gasteiger partial charge in [0.2, 0.25) is 0 Å². The molecule has 0 radical (unpaired) electrons. The first-order valence-electron chi connectivity index (χ1n) is 14.1. The molecule has 37 heavy (non-hydrogen) atoms. The standard InChI is InChI=1S/C34H46O3/c1-29(2)21-15-23-31(5,33(29,7)25-17-11-9-12-18-25)27(35)37-28(36)32(6)24-16-22-30(3,4)34(32,8)26-19-13-10-14-20-26/h9-14,17-20H,15-16,21-24H2,1-8H3. The molecular weight excluding hydrogens is 456 g/mol. The van der Waals surface area contributed by atoms with E-state index < -0.39 is 21.7 Å². The third kappa shape index (κ3) is 3.82. The zero-order chi connectivity index (χ0) is 27.3. The van der Waals surface area contributed by atoms with E-state index in [4.69, 9.17) is 4.74 Å². The maximum Gasteiger partial charge on any atom is 0.320 e. The highest BCUT2D eigenvalue weighted by molar-refractivity contribution is 5.93. The van der Waals surface area contributed by atoms with Crippen LogP contribution in [-0.4, -0.2) is 11.9 Å². The van der Waals surface area contributed by atoms with Crippen LogP contribution in [0.5, 0.6) is 0 Å². The zero-order valence-electron chi connectivity index (χ0n) is 24.2. The summed E-state index contributed by atoms with van der Waals surface area (Å²) in [6.45, 7) is 17.5. The molecule has 3 heteroatoms. The van der Waals surface area contributed by atoms with Crippen molar-refractivity contribution in [2.75, 3.05) is 0 Å². The Balaban J connectivity index is 1.75. The van der Waals surface area contributed by atoms with Crippen molar-refractivity contribution in [3.8, 4) is 0 Å². The Bertz CT molecular complexity index is 1060. The fraction of sp³-hybridized carbons (Fsp3) is 0.588. The van der Waals surface area contributed by atoms with E-state index in [9.17, 15) is 9.59 Å². The van der Waals surface area contributed by atoms with Crippen LogP contribution in [0, 0.1) is 21.7 Å². The van der Waals surface area contributed by atoms with E-state index in [1.165, 1.54) is 0 Å². The Morgan fingerprint density at radius 3 is 1.19 bits per heavy atom. The molecule has 2 aromatic carbocycles. The average Bonchev–Trinajstić information content (AvgIpc) is 2.86. The second-order valence-corrected chi connectivity index (χ2v) is 13.8. The van der Waals surface area contributed by atoms with Crippen molar-refractivity contribution in [3.63, 3.8) is 0 Å². The minimum atomic E-state index is -0.824. The van der Waals surface area contributed by atoms with E-state index in [0.717, 1.165) is 36.8 Å². The Morgan fingerprint density at radius 2 is 0.865 bits per heavy atom. The molecule has 2 fully saturated rings. The summed E-state index contributed by atoms with van der Waals surface area (Å²) in [4.78, 5) is 28.5. The number of benzene rings is 2. The predicted octanol–water partition coefficient (Wildman–Crippen LogP) is 8.40. The van der Waals surface area contributed by atoms with Gasteiger partial charge in [-0.25, -0.2) is 0 Å². The molecule has 4 atom stereocenters. The lowest BCUT2D eigenvalue weighted by molar-refractivity contribution is -0.188. The minimum absolute atomic E-state index is 0.140. The number of hydrogen-bond acceptors (Lipinski definition) is 3. The van der Waals surface area contributed by atoms with E-state index >= 15 is 0 Å². The lowest BCUT2D eigenvalue weighted by Crippen LogP contribution is -2.61. The Labute approximate surface area is 224 Å². The number of ether oxygens (including phenoxy) is 1. The average molecular weight is 503 g/mol. The summed E-state index contributed by atoms with van der Waals surface area (Å²) in [5.41, 5.74) is -0.627. The van der Waals surface area contributed by atoms with Crippen molar-refractivity contribution in [1.29, 1.82) is 0 Å².